The van der Waals surface area contributed by atoms with Gasteiger partial charge in [-0.1, -0.05) is 49.4 Å². The summed E-state index contributed by atoms with van der Waals surface area (Å²) in [5, 5.41) is 4.23. The number of benzene rings is 2. The minimum absolute atomic E-state index is 0.0287. The van der Waals surface area contributed by atoms with Crippen molar-refractivity contribution in [2.24, 2.45) is 11.0 Å². The molecule has 2 aromatic rings. The van der Waals surface area contributed by atoms with Crippen LogP contribution in [0.3, 0.4) is 0 Å². The maximum atomic E-state index is 12.6. The van der Waals surface area contributed by atoms with E-state index in [4.69, 9.17) is 0 Å². The molecule has 0 aliphatic carbocycles. The van der Waals surface area contributed by atoms with E-state index in [0.717, 1.165) is 49.6 Å². The van der Waals surface area contributed by atoms with Crippen LogP contribution in [-0.4, -0.2) is 48.6 Å². The maximum Gasteiger partial charge on any atom is 0.240 e. The summed E-state index contributed by atoms with van der Waals surface area (Å²) in [5.74, 6) is 0.328. The van der Waals surface area contributed by atoms with Crippen molar-refractivity contribution in [1.29, 1.82) is 0 Å². The number of rotatable bonds is 5. The SMILES string of the molecule is C[C@@H]1CC(=O)NN=C1c1ccc(N2CCN(C(=O)CCc3ccccc3)CC2)cc1. The van der Waals surface area contributed by atoms with Gasteiger partial charge in [-0.05, 0) is 29.7 Å². The highest BCUT2D eigenvalue weighted by Crippen LogP contribution is 2.21. The minimum Gasteiger partial charge on any atom is -0.368 e. The van der Waals surface area contributed by atoms with Crippen molar-refractivity contribution < 1.29 is 9.59 Å². The van der Waals surface area contributed by atoms with Gasteiger partial charge in [0.05, 0.1) is 5.71 Å². The van der Waals surface area contributed by atoms with Gasteiger partial charge in [-0.2, -0.15) is 5.10 Å². The Morgan fingerprint density at radius 1 is 1.03 bits per heavy atom. The third-order valence-corrected chi connectivity index (χ3v) is 5.89. The number of carbonyl (C=O) groups excluding carboxylic acids is 2. The van der Waals surface area contributed by atoms with Crippen LogP contribution in [0.4, 0.5) is 5.69 Å². The highest BCUT2D eigenvalue weighted by Gasteiger charge is 2.23. The largest absolute Gasteiger partial charge is 0.368 e. The predicted molar refractivity (Wildman–Crippen MR) is 118 cm³/mol. The molecular weight excluding hydrogens is 376 g/mol. The Kier molecular flexibility index (Phi) is 6.12. The minimum atomic E-state index is -0.0287. The fourth-order valence-corrected chi connectivity index (χ4v) is 4.11. The molecule has 1 fully saturated rings. The topological polar surface area (TPSA) is 65.0 Å². The third kappa shape index (κ3) is 4.70. The molecule has 6 heteroatoms. The summed E-state index contributed by atoms with van der Waals surface area (Å²) in [7, 11) is 0. The molecule has 2 amide bonds. The van der Waals surface area contributed by atoms with E-state index < -0.39 is 0 Å². The van der Waals surface area contributed by atoms with Crippen LogP contribution in [0.15, 0.2) is 59.7 Å². The molecule has 156 valence electrons. The number of amides is 2. The van der Waals surface area contributed by atoms with Crippen molar-refractivity contribution in [2.45, 2.75) is 26.2 Å². The van der Waals surface area contributed by atoms with E-state index in [0.29, 0.717) is 12.8 Å². The Morgan fingerprint density at radius 2 is 1.73 bits per heavy atom. The molecule has 0 bridgehead atoms. The molecular formula is C24H28N4O2. The molecule has 2 aromatic carbocycles. The van der Waals surface area contributed by atoms with E-state index in [-0.39, 0.29) is 17.7 Å². The average molecular weight is 405 g/mol. The van der Waals surface area contributed by atoms with Gasteiger partial charge < -0.3 is 9.80 Å². The van der Waals surface area contributed by atoms with E-state index in [1.54, 1.807) is 0 Å². The first-order valence-corrected chi connectivity index (χ1v) is 10.6. The Morgan fingerprint density at radius 3 is 2.40 bits per heavy atom. The first kappa shape index (κ1) is 20.1. The van der Waals surface area contributed by atoms with Gasteiger partial charge in [0.25, 0.3) is 0 Å². The van der Waals surface area contributed by atoms with Crippen LogP contribution in [0.5, 0.6) is 0 Å². The molecule has 30 heavy (non-hydrogen) atoms. The first-order valence-electron chi connectivity index (χ1n) is 10.6. The molecule has 6 nitrogen and oxygen atoms in total. The van der Waals surface area contributed by atoms with Crippen LogP contribution in [0, 0.1) is 5.92 Å². The number of nitrogens with zero attached hydrogens (tertiary/aromatic N) is 3. The standard InChI is InChI=1S/C24H28N4O2/c1-18-17-22(29)25-26-24(18)20-8-10-21(11-9-20)27-13-15-28(16-14-27)23(30)12-7-19-5-3-2-4-6-19/h2-6,8-11,18H,7,12-17H2,1H3,(H,25,29)/t18-/m1/s1. The lowest BCUT2D eigenvalue weighted by Gasteiger charge is -2.36. The molecule has 2 heterocycles. The lowest BCUT2D eigenvalue weighted by atomic mass is 9.94. The van der Waals surface area contributed by atoms with Gasteiger partial charge in [0, 0.05) is 50.6 Å². The smallest absolute Gasteiger partial charge is 0.240 e. The van der Waals surface area contributed by atoms with Crippen LogP contribution < -0.4 is 10.3 Å². The second-order valence-electron chi connectivity index (χ2n) is 8.04. The number of piperazine rings is 1. The van der Waals surface area contributed by atoms with E-state index in [1.807, 2.05) is 30.0 Å². The number of hydrogen-bond donors (Lipinski definition) is 1. The number of aryl methyl sites for hydroxylation is 1. The second-order valence-corrected chi connectivity index (χ2v) is 8.04. The first-order chi connectivity index (χ1) is 14.6. The van der Waals surface area contributed by atoms with Crippen molar-refractivity contribution in [3.05, 3.63) is 65.7 Å². The average Bonchev–Trinajstić information content (AvgIpc) is 2.78. The number of hydrazone groups is 1. The molecule has 2 aliphatic heterocycles. The summed E-state index contributed by atoms with van der Waals surface area (Å²) >= 11 is 0. The summed E-state index contributed by atoms with van der Waals surface area (Å²) in [4.78, 5) is 28.3. The van der Waals surface area contributed by atoms with E-state index >= 15 is 0 Å². The molecule has 0 radical (unpaired) electrons. The maximum absolute atomic E-state index is 12.6. The fraction of sp³-hybridized carbons (Fsp3) is 0.375. The van der Waals surface area contributed by atoms with Crippen molar-refractivity contribution in [3.63, 3.8) is 0 Å². The monoisotopic (exact) mass is 404 g/mol. The third-order valence-electron chi connectivity index (χ3n) is 5.89. The summed E-state index contributed by atoms with van der Waals surface area (Å²) in [6.45, 7) is 5.21. The zero-order valence-corrected chi connectivity index (χ0v) is 17.4. The molecule has 0 saturated carbocycles. The summed E-state index contributed by atoms with van der Waals surface area (Å²) in [6, 6.07) is 18.5. The molecule has 2 aliphatic rings. The molecule has 4 rings (SSSR count). The van der Waals surface area contributed by atoms with Gasteiger partial charge in [0.15, 0.2) is 0 Å². The molecule has 0 unspecified atom stereocenters. The Labute approximate surface area is 177 Å². The lowest BCUT2D eigenvalue weighted by molar-refractivity contribution is -0.131. The van der Waals surface area contributed by atoms with Gasteiger partial charge in [-0.3, -0.25) is 9.59 Å². The van der Waals surface area contributed by atoms with Gasteiger partial charge in [0.1, 0.15) is 0 Å². The number of anilines is 1. The van der Waals surface area contributed by atoms with E-state index in [2.05, 4.69) is 51.8 Å². The highest BCUT2D eigenvalue weighted by molar-refractivity contribution is 6.05. The zero-order chi connectivity index (χ0) is 20.9. The number of nitrogens with one attached hydrogen (secondary N) is 1. The molecule has 1 saturated heterocycles. The zero-order valence-electron chi connectivity index (χ0n) is 17.4. The van der Waals surface area contributed by atoms with Gasteiger partial charge in [0.2, 0.25) is 11.8 Å². The predicted octanol–water partition coefficient (Wildman–Crippen LogP) is 2.83. The molecule has 1 N–H and O–H groups in total. The van der Waals surface area contributed by atoms with Crippen LogP contribution >= 0.6 is 0 Å². The van der Waals surface area contributed by atoms with Gasteiger partial charge >= 0.3 is 0 Å². The van der Waals surface area contributed by atoms with Crippen LogP contribution in [0.25, 0.3) is 0 Å². The van der Waals surface area contributed by atoms with Crippen molar-refractivity contribution in [1.82, 2.24) is 10.3 Å². The van der Waals surface area contributed by atoms with Crippen molar-refractivity contribution >= 4 is 23.2 Å². The normalized spacial score (nSPS) is 19.3. The van der Waals surface area contributed by atoms with Crippen LogP contribution in [0.1, 0.15) is 30.9 Å². The van der Waals surface area contributed by atoms with Crippen molar-refractivity contribution in [3.8, 4) is 0 Å². The summed E-state index contributed by atoms with van der Waals surface area (Å²) in [6.07, 6.45) is 1.83. The van der Waals surface area contributed by atoms with Gasteiger partial charge in [-0.15, -0.1) is 0 Å². The Bertz CT molecular complexity index is 916. The van der Waals surface area contributed by atoms with Crippen LogP contribution in [0.2, 0.25) is 0 Å². The fourth-order valence-electron chi connectivity index (χ4n) is 4.11. The lowest BCUT2D eigenvalue weighted by Crippen LogP contribution is -2.48. The highest BCUT2D eigenvalue weighted by atomic mass is 16.2. The quantitative estimate of drug-likeness (QED) is 0.833. The molecule has 0 aromatic heterocycles. The number of carbonyl (C=O) groups is 2. The Balaban J connectivity index is 1.30. The molecule has 0 spiro atoms. The van der Waals surface area contributed by atoms with E-state index in [9.17, 15) is 9.59 Å². The second kappa shape index (κ2) is 9.11. The number of hydrogen-bond acceptors (Lipinski definition) is 4. The van der Waals surface area contributed by atoms with Crippen molar-refractivity contribution in [2.75, 3.05) is 31.1 Å². The summed E-state index contributed by atoms with van der Waals surface area (Å²) < 4.78 is 0. The van der Waals surface area contributed by atoms with E-state index in [1.165, 1.54) is 5.56 Å². The molecule has 1 atom stereocenters. The van der Waals surface area contributed by atoms with Gasteiger partial charge in [-0.25, -0.2) is 5.43 Å². The van der Waals surface area contributed by atoms with Crippen LogP contribution in [-0.2, 0) is 16.0 Å². The Hall–Kier alpha value is -3.15. The summed E-state index contributed by atoms with van der Waals surface area (Å²) in [5.41, 5.74) is 6.91.